The number of thiazole rings is 1. The molecule has 0 spiro atoms. The first-order chi connectivity index (χ1) is 9.33. The van der Waals surface area contributed by atoms with Gasteiger partial charge in [0.25, 0.3) is 0 Å². The zero-order valence-electron chi connectivity index (χ0n) is 12.7. The SMILES string of the molecule is Cc1nc(Sc2ccc(OCC(C)(C)C)cc2)sc1C. The van der Waals surface area contributed by atoms with Crippen molar-refractivity contribution < 1.29 is 4.74 Å². The topological polar surface area (TPSA) is 22.1 Å². The minimum absolute atomic E-state index is 0.184. The number of rotatable bonds is 4. The monoisotopic (exact) mass is 307 g/mol. The van der Waals surface area contributed by atoms with E-state index < -0.39 is 0 Å². The lowest BCUT2D eigenvalue weighted by atomic mass is 9.99. The van der Waals surface area contributed by atoms with Crippen molar-refractivity contribution in [2.45, 2.75) is 43.9 Å². The first-order valence-corrected chi connectivity index (χ1v) is 8.31. The Hall–Kier alpha value is -1.00. The third-order valence-electron chi connectivity index (χ3n) is 2.71. The number of nitrogens with zero attached hydrogens (tertiary/aromatic N) is 1. The van der Waals surface area contributed by atoms with Gasteiger partial charge in [0.05, 0.1) is 12.3 Å². The highest BCUT2D eigenvalue weighted by atomic mass is 32.2. The fraction of sp³-hybridized carbons (Fsp3) is 0.438. The maximum atomic E-state index is 5.78. The van der Waals surface area contributed by atoms with Gasteiger partial charge in [0, 0.05) is 9.77 Å². The summed E-state index contributed by atoms with van der Waals surface area (Å²) in [5.41, 5.74) is 1.31. The van der Waals surface area contributed by atoms with Gasteiger partial charge in [-0.05, 0) is 43.5 Å². The Labute approximate surface area is 129 Å². The van der Waals surface area contributed by atoms with Crippen LogP contribution in [0.25, 0.3) is 0 Å². The molecule has 2 rings (SSSR count). The van der Waals surface area contributed by atoms with E-state index >= 15 is 0 Å². The lowest BCUT2D eigenvalue weighted by molar-refractivity contribution is 0.198. The van der Waals surface area contributed by atoms with Gasteiger partial charge in [0.15, 0.2) is 4.34 Å². The summed E-state index contributed by atoms with van der Waals surface area (Å²) in [6.07, 6.45) is 0. The standard InChI is InChI=1S/C16H21NOS2/c1-11-12(2)19-15(17-11)20-14-8-6-13(7-9-14)18-10-16(3,4)5/h6-9H,10H2,1-5H3. The zero-order valence-corrected chi connectivity index (χ0v) is 14.3. The molecule has 0 bridgehead atoms. The molecule has 108 valence electrons. The molecular formula is C16H21NOS2. The number of hydrogen-bond donors (Lipinski definition) is 0. The van der Waals surface area contributed by atoms with Crippen LogP contribution in [0.3, 0.4) is 0 Å². The first kappa shape index (κ1) is 15.4. The molecule has 2 aromatic rings. The van der Waals surface area contributed by atoms with Crippen molar-refractivity contribution >= 4 is 23.1 Å². The summed E-state index contributed by atoms with van der Waals surface area (Å²) in [6, 6.07) is 8.24. The van der Waals surface area contributed by atoms with Gasteiger partial charge < -0.3 is 4.74 Å². The number of aromatic nitrogens is 1. The van der Waals surface area contributed by atoms with E-state index in [1.54, 1.807) is 23.1 Å². The van der Waals surface area contributed by atoms with Gasteiger partial charge in [-0.15, -0.1) is 11.3 Å². The van der Waals surface area contributed by atoms with Crippen LogP contribution in [0, 0.1) is 19.3 Å². The van der Waals surface area contributed by atoms with E-state index in [0.717, 1.165) is 22.4 Å². The predicted molar refractivity (Wildman–Crippen MR) is 87.1 cm³/mol. The second-order valence-electron chi connectivity index (χ2n) is 6.04. The molecule has 0 aliphatic rings. The normalized spacial score (nSPS) is 11.7. The number of hydrogen-bond acceptors (Lipinski definition) is 4. The highest BCUT2D eigenvalue weighted by Gasteiger charge is 2.11. The van der Waals surface area contributed by atoms with E-state index in [1.807, 2.05) is 12.1 Å². The van der Waals surface area contributed by atoms with Crippen LogP contribution >= 0.6 is 23.1 Å². The van der Waals surface area contributed by atoms with Gasteiger partial charge in [-0.1, -0.05) is 32.5 Å². The maximum Gasteiger partial charge on any atom is 0.155 e. The molecule has 20 heavy (non-hydrogen) atoms. The van der Waals surface area contributed by atoms with Crippen molar-refractivity contribution in [3.8, 4) is 5.75 Å². The van der Waals surface area contributed by atoms with Crippen molar-refractivity contribution in [2.24, 2.45) is 5.41 Å². The largest absolute Gasteiger partial charge is 0.493 e. The maximum absolute atomic E-state index is 5.78. The van der Waals surface area contributed by atoms with Gasteiger partial charge >= 0.3 is 0 Å². The third kappa shape index (κ3) is 4.53. The average molecular weight is 307 g/mol. The van der Waals surface area contributed by atoms with Crippen molar-refractivity contribution in [3.63, 3.8) is 0 Å². The highest BCUT2D eigenvalue weighted by molar-refractivity contribution is 8.01. The van der Waals surface area contributed by atoms with Gasteiger partial charge in [-0.2, -0.15) is 0 Å². The molecular weight excluding hydrogens is 286 g/mol. The van der Waals surface area contributed by atoms with Crippen LogP contribution in [-0.2, 0) is 0 Å². The summed E-state index contributed by atoms with van der Waals surface area (Å²) in [4.78, 5) is 7.03. The molecule has 1 aromatic carbocycles. The van der Waals surface area contributed by atoms with Gasteiger partial charge in [0.1, 0.15) is 5.75 Å². The Kier molecular flexibility index (Phi) is 4.76. The van der Waals surface area contributed by atoms with Crippen molar-refractivity contribution in [1.29, 1.82) is 0 Å². The fourth-order valence-corrected chi connectivity index (χ4v) is 3.62. The zero-order chi connectivity index (χ0) is 14.8. The number of aryl methyl sites for hydroxylation is 2. The second-order valence-corrected chi connectivity index (χ2v) is 8.57. The molecule has 0 saturated heterocycles. The number of ether oxygens (including phenoxy) is 1. The molecule has 0 amide bonds. The third-order valence-corrected chi connectivity index (χ3v) is 4.85. The lowest BCUT2D eigenvalue weighted by Gasteiger charge is -2.18. The van der Waals surface area contributed by atoms with Crippen LogP contribution in [0.2, 0.25) is 0 Å². The quantitative estimate of drug-likeness (QED) is 0.761. The van der Waals surface area contributed by atoms with Crippen molar-refractivity contribution in [1.82, 2.24) is 4.98 Å². The van der Waals surface area contributed by atoms with Gasteiger partial charge in [0.2, 0.25) is 0 Å². The predicted octanol–water partition coefficient (Wildman–Crippen LogP) is 5.34. The van der Waals surface area contributed by atoms with Crippen molar-refractivity contribution in [3.05, 3.63) is 34.8 Å². The molecule has 0 aliphatic carbocycles. The Bertz CT molecular complexity index is 548. The molecule has 0 fully saturated rings. The fourth-order valence-electron chi connectivity index (χ4n) is 1.49. The summed E-state index contributed by atoms with van der Waals surface area (Å²) in [7, 11) is 0. The molecule has 0 unspecified atom stereocenters. The highest BCUT2D eigenvalue weighted by Crippen LogP contribution is 2.33. The Morgan fingerprint density at radius 3 is 2.30 bits per heavy atom. The first-order valence-electron chi connectivity index (χ1n) is 6.68. The molecule has 0 N–H and O–H groups in total. The Balaban J connectivity index is 1.98. The summed E-state index contributed by atoms with van der Waals surface area (Å²) < 4.78 is 6.88. The minimum atomic E-state index is 0.184. The molecule has 4 heteroatoms. The lowest BCUT2D eigenvalue weighted by Crippen LogP contribution is -2.16. The molecule has 2 nitrogen and oxygen atoms in total. The molecule has 1 heterocycles. The Morgan fingerprint density at radius 2 is 1.80 bits per heavy atom. The average Bonchev–Trinajstić information content (AvgIpc) is 2.66. The van der Waals surface area contributed by atoms with E-state index in [-0.39, 0.29) is 5.41 Å². The molecule has 0 atom stereocenters. The molecule has 0 aliphatic heterocycles. The van der Waals surface area contributed by atoms with E-state index in [9.17, 15) is 0 Å². The van der Waals surface area contributed by atoms with Crippen LogP contribution in [0.5, 0.6) is 5.75 Å². The minimum Gasteiger partial charge on any atom is -0.493 e. The summed E-state index contributed by atoms with van der Waals surface area (Å²) in [6.45, 7) is 11.4. The van der Waals surface area contributed by atoms with Crippen LogP contribution in [0.1, 0.15) is 31.3 Å². The Morgan fingerprint density at radius 1 is 1.15 bits per heavy atom. The van der Waals surface area contributed by atoms with Crippen LogP contribution in [-0.4, -0.2) is 11.6 Å². The van der Waals surface area contributed by atoms with Crippen LogP contribution in [0.4, 0.5) is 0 Å². The molecule has 1 aromatic heterocycles. The summed E-state index contributed by atoms with van der Waals surface area (Å²) in [5.74, 6) is 0.927. The van der Waals surface area contributed by atoms with E-state index in [1.165, 1.54) is 9.77 Å². The van der Waals surface area contributed by atoms with E-state index in [4.69, 9.17) is 4.74 Å². The molecule has 0 radical (unpaired) electrons. The second kappa shape index (κ2) is 6.19. The van der Waals surface area contributed by atoms with E-state index in [0.29, 0.717) is 0 Å². The van der Waals surface area contributed by atoms with E-state index in [2.05, 4.69) is 51.7 Å². The van der Waals surface area contributed by atoms with Gasteiger partial charge in [-0.25, -0.2) is 4.98 Å². The van der Waals surface area contributed by atoms with Crippen LogP contribution < -0.4 is 4.74 Å². The smallest absolute Gasteiger partial charge is 0.155 e. The summed E-state index contributed by atoms with van der Waals surface area (Å²) in [5, 5.41) is 0. The molecule has 0 saturated carbocycles. The summed E-state index contributed by atoms with van der Waals surface area (Å²) >= 11 is 3.45. The van der Waals surface area contributed by atoms with Crippen molar-refractivity contribution in [2.75, 3.05) is 6.61 Å². The number of benzene rings is 1. The van der Waals surface area contributed by atoms with Gasteiger partial charge in [-0.3, -0.25) is 0 Å². The van der Waals surface area contributed by atoms with Crippen LogP contribution in [0.15, 0.2) is 33.5 Å².